The summed E-state index contributed by atoms with van der Waals surface area (Å²) < 4.78 is 15.0. The fourth-order valence-corrected chi connectivity index (χ4v) is 1.53. The van der Waals surface area contributed by atoms with Crippen molar-refractivity contribution in [3.05, 3.63) is 0 Å². The minimum Gasteiger partial charge on any atom is -0.388 e. The van der Waals surface area contributed by atoms with Gasteiger partial charge in [-0.05, 0) is 6.92 Å². The van der Waals surface area contributed by atoms with E-state index >= 15 is 0 Å². The van der Waals surface area contributed by atoms with E-state index in [2.05, 4.69) is 0 Å². The number of ether oxygens (including phenoxy) is 3. The van der Waals surface area contributed by atoms with Gasteiger partial charge in [-0.25, -0.2) is 0 Å². The lowest BCUT2D eigenvalue weighted by Crippen LogP contribution is -2.57. The maximum Gasteiger partial charge on any atom is 0.184 e. The third kappa shape index (κ3) is 2.00. The molecule has 1 saturated heterocycles. The molecule has 0 aliphatic carbocycles. The zero-order valence-corrected chi connectivity index (χ0v) is 8.01. The van der Waals surface area contributed by atoms with Crippen LogP contribution in [-0.2, 0) is 14.2 Å². The van der Waals surface area contributed by atoms with Gasteiger partial charge in [-0.15, -0.1) is 0 Å². The molecule has 5 atom stereocenters. The van der Waals surface area contributed by atoms with Gasteiger partial charge in [0.15, 0.2) is 6.29 Å². The molecule has 0 unspecified atom stereocenters. The van der Waals surface area contributed by atoms with Crippen molar-refractivity contribution in [3.8, 4) is 0 Å². The normalized spacial score (nSPS) is 46.4. The predicted octanol–water partition coefficient (Wildman–Crippen LogP) is -0.886. The van der Waals surface area contributed by atoms with Crippen LogP contribution in [0.2, 0.25) is 0 Å². The fraction of sp³-hybridized carbons (Fsp3) is 1.00. The molecule has 1 rings (SSSR count). The Labute approximate surface area is 77.2 Å². The number of aliphatic hydroxyl groups is 2. The summed E-state index contributed by atoms with van der Waals surface area (Å²) in [5.41, 5.74) is 0. The summed E-state index contributed by atoms with van der Waals surface area (Å²) in [6, 6.07) is 0. The van der Waals surface area contributed by atoms with Gasteiger partial charge in [0.25, 0.3) is 0 Å². The molecule has 13 heavy (non-hydrogen) atoms. The zero-order chi connectivity index (χ0) is 10.0. The molecule has 0 bridgehead atoms. The highest BCUT2D eigenvalue weighted by molar-refractivity contribution is 4.88. The monoisotopic (exact) mass is 192 g/mol. The Bertz CT molecular complexity index is 163. The van der Waals surface area contributed by atoms with Crippen LogP contribution in [0.25, 0.3) is 0 Å². The van der Waals surface area contributed by atoms with Crippen molar-refractivity contribution < 1.29 is 24.4 Å². The van der Waals surface area contributed by atoms with Crippen LogP contribution in [0, 0.1) is 0 Å². The van der Waals surface area contributed by atoms with E-state index in [0.717, 1.165) is 0 Å². The Kier molecular flexibility index (Phi) is 3.63. The van der Waals surface area contributed by atoms with E-state index in [4.69, 9.17) is 14.2 Å². The highest BCUT2D eigenvalue weighted by Crippen LogP contribution is 2.23. The molecule has 1 heterocycles. The standard InChI is InChI=1S/C8H16O5/c1-4-5(9)6(11-2)7(12-3)8(10)13-4/h4-10H,1-3H3/t4-,5-,6+,7-,8-/m0/s1. The molecule has 0 aromatic carbocycles. The van der Waals surface area contributed by atoms with Crippen LogP contribution in [0.1, 0.15) is 6.92 Å². The molecular formula is C8H16O5. The van der Waals surface area contributed by atoms with Crippen LogP contribution in [0.15, 0.2) is 0 Å². The van der Waals surface area contributed by atoms with Gasteiger partial charge < -0.3 is 24.4 Å². The minimum absolute atomic E-state index is 0.452. The maximum absolute atomic E-state index is 9.62. The summed E-state index contributed by atoms with van der Waals surface area (Å²) in [5, 5.41) is 19.0. The predicted molar refractivity (Wildman–Crippen MR) is 44.2 cm³/mol. The van der Waals surface area contributed by atoms with E-state index in [1.54, 1.807) is 6.92 Å². The summed E-state index contributed by atoms with van der Waals surface area (Å²) >= 11 is 0. The van der Waals surface area contributed by atoms with Gasteiger partial charge in [0.05, 0.1) is 6.10 Å². The average Bonchev–Trinajstić information content (AvgIpc) is 2.10. The second kappa shape index (κ2) is 4.34. The first kappa shape index (κ1) is 10.9. The van der Waals surface area contributed by atoms with Crippen molar-refractivity contribution in [3.63, 3.8) is 0 Å². The summed E-state index contributed by atoms with van der Waals surface area (Å²) in [6.45, 7) is 1.67. The lowest BCUT2D eigenvalue weighted by molar-refractivity contribution is -0.287. The second-order valence-electron chi connectivity index (χ2n) is 3.12. The number of hydrogen-bond donors (Lipinski definition) is 2. The molecule has 1 aliphatic heterocycles. The largest absolute Gasteiger partial charge is 0.388 e. The number of hydrogen-bond acceptors (Lipinski definition) is 5. The highest BCUT2D eigenvalue weighted by Gasteiger charge is 2.43. The average molecular weight is 192 g/mol. The fourth-order valence-electron chi connectivity index (χ4n) is 1.53. The molecule has 2 N–H and O–H groups in total. The lowest BCUT2D eigenvalue weighted by atomic mass is 10.00. The molecule has 0 spiro atoms. The van der Waals surface area contributed by atoms with Crippen molar-refractivity contribution in [2.75, 3.05) is 14.2 Å². The molecular weight excluding hydrogens is 176 g/mol. The van der Waals surface area contributed by atoms with Crippen molar-refractivity contribution in [2.45, 2.75) is 37.6 Å². The van der Waals surface area contributed by atoms with Gasteiger partial charge in [0, 0.05) is 14.2 Å². The first-order chi connectivity index (χ1) is 6.11. The van der Waals surface area contributed by atoms with Crippen LogP contribution in [0.3, 0.4) is 0 Å². The van der Waals surface area contributed by atoms with Gasteiger partial charge in [-0.2, -0.15) is 0 Å². The molecule has 0 amide bonds. The van der Waals surface area contributed by atoms with Crippen molar-refractivity contribution >= 4 is 0 Å². The molecule has 1 fully saturated rings. The van der Waals surface area contributed by atoms with E-state index < -0.39 is 30.7 Å². The zero-order valence-electron chi connectivity index (χ0n) is 8.01. The van der Waals surface area contributed by atoms with E-state index in [1.165, 1.54) is 14.2 Å². The van der Waals surface area contributed by atoms with E-state index in [9.17, 15) is 10.2 Å². The summed E-state index contributed by atoms with van der Waals surface area (Å²) in [7, 11) is 2.90. The summed E-state index contributed by atoms with van der Waals surface area (Å²) in [6.07, 6.45) is -3.47. The molecule has 5 heteroatoms. The van der Waals surface area contributed by atoms with Crippen LogP contribution >= 0.6 is 0 Å². The molecule has 0 aromatic heterocycles. The minimum atomic E-state index is -1.05. The SMILES string of the molecule is CO[C@@H]1[C@@H](O)[C@H](C)O[C@H](O)[C@H]1OC. The van der Waals surface area contributed by atoms with E-state index in [0.29, 0.717) is 0 Å². The second-order valence-corrected chi connectivity index (χ2v) is 3.12. The van der Waals surface area contributed by atoms with Crippen LogP contribution in [-0.4, -0.2) is 55.1 Å². The molecule has 1 aliphatic rings. The first-order valence-corrected chi connectivity index (χ1v) is 4.19. The van der Waals surface area contributed by atoms with Crippen molar-refractivity contribution in [2.24, 2.45) is 0 Å². The molecule has 5 nitrogen and oxygen atoms in total. The maximum atomic E-state index is 9.62. The topological polar surface area (TPSA) is 68.2 Å². The smallest absolute Gasteiger partial charge is 0.184 e. The van der Waals surface area contributed by atoms with Crippen LogP contribution in [0.4, 0.5) is 0 Å². The Morgan fingerprint density at radius 1 is 1.08 bits per heavy atom. The Morgan fingerprint density at radius 2 is 1.62 bits per heavy atom. The van der Waals surface area contributed by atoms with Crippen molar-refractivity contribution in [1.82, 2.24) is 0 Å². The highest BCUT2D eigenvalue weighted by atomic mass is 16.7. The van der Waals surface area contributed by atoms with Gasteiger partial charge >= 0.3 is 0 Å². The first-order valence-electron chi connectivity index (χ1n) is 4.19. The summed E-state index contributed by atoms with van der Waals surface area (Å²) in [5.74, 6) is 0. The van der Waals surface area contributed by atoms with Gasteiger partial charge in [-0.1, -0.05) is 0 Å². The number of rotatable bonds is 2. The summed E-state index contributed by atoms with van der Waals surface area (Å²) in [4.78, 5) is 0. The molecule has 0 radical (unpaired) electrons. The third-order valence-electron chi connectivity index (χ3n) is 2.32. The van der Waals surface area contributed by atoms with Gasteiger partial charge in [0.2, 0.25) is 0 Å². The van der Waals surface area contributed by atoms with Crippen LogP contribution < -0.4 is 0 Å². The van der Waals surface area contributed by atoms with Crippen LogP contribution in [0.5, 0.6) is 0 Å². The quantitative estimate of drug-likeness (QED) is 0.594. The van der Waals surface area contributed by atoms with Gasteiger partial charge in [0.1, 0.15) is 18.3 Å². The molecule has 0 aromatic rings. The lowest BCUT2D eigenvalue weighted by Gasteiger charge is -2.40. The van der Waals surface area contributed by atoms with Gasteiger partial charge in [-0.3, -0.25) is 0 Å². The number of methoxy groups -OCH3 is 2. The van der Waals surface area contributed by atoms with Crippen molar-refractivity contribution in [1.29, 1.82) is 0 Å². The third-order valence-corrected chi connectivity index (χ3v) is 2.32. The molecule has 78 valence electrons. The number of aliphatic hydroxyl groups excluding tert-OH is 2. The Balaban J connectivity index is 2.71. The molecule has 0 saturated carbocycles. The van der Waals surface area contributed by atoms with E-state index in [-0.39, 0.29) is 0 Å². The Morgan fingerprint density at radius 3 is 2.08 bits per heavy atom. The Hall–Kier alpha value is -0.200. The van der Waals surface area contributed by atoms with E-state index in [1.807, 2.05) is 0 Å².